The lowest BCUT2D eigenvalue weighted by atomic mass is 10.3. The second-order valence-corrected chi connectivity index (χ2v) is 5.40. The van der Waals surface area contributed by atoms with Gasteiger partial charge in [-0.05, 0) is 18.6 Å². The molecule has 104 valence electrons. The molecule has 0 amide bonds. The first-order valence-electron chi connectivity index (χ1n) is 6.57. The summed E-state index contributed by atoms with van der Waals surface area (Å²) in [6.45, 7) is 4.60. The van der Waals surface area contributed by atoms with E-state index in [1.54, 1.807) is 18.4 Å². The zero-order chi connectivity index (χ0) is 13.5. The molecule has 2 aromatic heterocycles. The molecule has 0 aliphatic rings. The third-order valence-electron chi connectivity index (χ3n) is 2.81. The number of oxazole rings is 1. The van der Waals surface area contributed by atoms with Crippen molar-refractivity contribution < 1.29 is 9.15 Å². The molecule has 2 aromatic rings. The van der Waals surface area contributed by atoms with Gasteiger partial charge in [0.15, 0.2) is 11.7 Å². The van der Waals surface area contributed by atoms with E-state index in [4.69, 9.17) is 9.15 Å². The summed E-state index contributed by atoms with van der Waals surface area (Å²) >= 11 is 1.77. The van der Waals surface area contributed by atoms with Gasteiger partial charge in [0.1, 0.15) is 0 Å². The number of hydrogen-bond donors (Lipinski definition) is 1. The molecule has 4 nitrogen and oxygen atoms in total. The van der Waals surface area contributed by atoms with Crippen LogP contribution in [0.5, 0.6) is 0 Å². The fraction of sp³-hybridized carbons (Fsp3) is 0.500. The standard InChI is InChI=1S/C14H20N2O2S/c1-3-11-4-5-13(19-11)12-10-16-14(18-12)6-7-15-8-9-17-2/h4-5,10,15H,3,6-9H2,1-2H3. The predicted molar refractivity (Wildman–Crippen MR) is 77.6 cm³/mol. The molecule has 5 heteroatoms. The molecule has 2 rings (SSSR count). The smallest absolute Gasteiger partial charge is 0.196 e. The maximum Gasteiger partial charge on any atom is 0.196 e. The van der Waals surface area contributed by atoms with Crippen molar-refractivity contribution in [3.8, 4) is 10.6 Å². The van der Waals surface area contributed by atoms with E-state index in [2.05, 4.69) is 29.4 Å². The maximum atomic E-state index is 5.76. The van der Waals surface area contributed by atoms with Crippen LogP contribution in [-0.4, -0.2) is 31.8 Å². The number of nitrogens with one attached hydrogen (secondary N) is 1. The molecule has 19 heavy (non-hydrogen) atoms. The summed E-state index contributed by atoms with van der Waals surface area (Å²) in [7, 11) is 1.70. The van der Waals surface area contributed by atoms with Gasteiger partial charge in [0.25, 0.3) is 0 Å². The van der Waals surface area contributed by atoms with Gasteiger partial charge in [0.05, 0.1) is 17.7 Å². The molecule has 0 unspecified atom stereocenters. The Labute approximate surface area is 117 Å². The zero-order valence-corrected chi connectivity index (χ0v) is 12.3. The average Bonchev–Trinajstić information content (AvgIpc) is 3.07. The average molecular weight is 280 g/mol. The Morgan fingerprint density at radius 2 is 2.26 bits per heavy atom. The van der Waals surface area contributed by atoms with Crippen LogP contribution in [0.1, 0.15) is 17.7 Å². The lowest BCUT2D eigenvalue weighted by molar-refractivity contribution is 0.199. The summed E-state index contributed by atoms with van der Waals surface area (Å²) in [5, 5.41) is 3.27. The number of aromatic nitrogens is 1. The van der Waals surface area contributed by atoms with Gasteiger partial charge in [-0.3, -0.25) is 0 Å². The number of ether oxygens (including phenoxy) is 1. The third kappa shape index (κ3) is 4.16. The number of methoxy groups -OCH3 is 1. The van der Waals surface area contributed by atoms with E-state index in [-0.39, 0.29) is 0 Å². The van der Waals surface area contributed by atoms with Crippen molar-refractivity contribution in [3.63, 3.8) is 0 Å². The van der Waals surface area contributed by atoms with Crippen LogP contribution in [-0.2, 0) is 17.6 Å². The van der Waals surface area contributed by atoms with Gasteiger partial charge >= 0.3 is 0 Å². The molecule has 2 heterocycles. The molecule has 0 aliphatic heterocycles. The second-order valence-electron chi connectivity index (χ2n) is 4.23. The molecule has 0 fully saturated rings. The minimum absolute atomic E-state index is 0.728. The van der Waals surface area contributed by atoms with Crippen LogP contribution in [0, 0.1) is 0 Å². The van der Waals surface area contributed by atoms with Crippen LogP contribution >= 0.6 is 11.3 Å². The SMILES string of the molecule is CCc1ccc(-c2cnc(CCNCCOC)o2)s1. The van der Waals surface area contributed by atoms with Crippen LogP contribution < -0.4 is 5.32 Å². The first-order chi connectivity index (χ1) is 9.33. The summed E-state index contributed by atoms with van der Waals surface area (Å²) in [5.74, 6) is 1.66. The van der Waals surface area contributed by atoms with E-state index in [1.807, 2.05) is 6.20 Å². The normalized spacial score (nSPS) is 11.1. The minimum Gasteiger partial charge on any atom is -0.440 e. The maximum absolute atomic E-state index is 5.76. The van der Waals surface area contributed by atoms with Crippen LogP contribution in [0.4, 0.5) is 0 Å². The van der Waals surface area contributed by atoms with E-state index >= 15 is 0 Å². The van der Waals surface area contributed by atoms with E-state index in [9.17, 15) is 0 Å². The van der Waals surface area contributed by atoms with E-state index in [0.717, 1.165) is 49.1 Å². The lowest BCUT2D eigenvalue weighted by Gasteiger charge is -2.00. The highest BCUT2D eigenvalue weighted by Crippen LogP contribution is 2.28. The highest BCUT2D eigenvalue weighted by molar-refractivity contribution is 7.15. The van der Waals surface area contributed by atoms with Crippen LogP contribution in [0.2, 0.25) is 0 Å². The first kappa shape index (κ1) is 14.2. The highest BCUT2D eigenvalue weighted by atomic mass is 32.1. The summed E-state index contributed by atoms with van der Waals surface area (Å²) in [4.78, 5) is 6.84. The van der Waals surface area contributed by atoms with Crippen molar-refractivity contribution in [1.82, 2.24) is 10.3 Å². The monoisotopic (exact) mass is 280 g/mol. The topological polar surface area (TPSA) is 47.3 Å². The van der Waals surface area contributed by atoms with Crippen molar-refractivity contribution in [3.05, 3.63) is 29.1 Å². The Morgan fingerprint density at radius 3 is 3.00 bits per heavy atom. The van der Waals surface area contributed by atoms with E-state index < -0.39 is 0 Å². The molecule has 0 bridgehead atoms. The Hall–Kier alpha value is -1.17. The second kappa shape index (κ2) is 7.43. The molecular formula is C14H20N2O2S. The molecule has 0 saturated carbocycles. The molecule has 0 aliphatic carbocycles. The quantitative estimate of drug-likeness (QED) is 0.755. The molecule has 0 spiro atoms. The zero-order valence-electron chi connectivity index (χ0n) is 11.4. The number of nitrogens with zero attached hydrogens (tertiary/aromatic N) is 1. The van der Waals surface area contributed by atoms with Crippen molar-refractivity contribution in [2.75, 3.05) is 26.8 Å². The number of thiophene rings is 1. The lowest BCUT2D eigenvalue weighted by Crippen LogP contribution is -2.21. The molecule has 1 N–H and O–H groups in total. The van der Waals surface area contributed by atoms with Crippen LogP contribution in [0.15, 0.2) is 22.7 Å². The van der Waals surface area contributed by atoms with Gasteiger partial charge in [0, 0.05) is 31.5 Å². The highest BCUT2D eigenvalue weighted by Gasteiger charge is 2.08. The van der Waals surface area contributed by atoms with Crippen LogP contribution in [0.25, 0.3) is 10.6 Å². The molecule has 0 aromatic carbocycles. The van der Waals surface area contributed by atoms with Gasteiger partial charge < -0.3 is 14.5 Å². The summed E-state index contributed by atoms with van der Waals surface area (Å²) in [5.41, 5.74) is 0. The van der Waals surface area contributed by atoms with Crippen molar-refractivity contribution in [1.29, 1.82) is 0 Å². The Balaban J connectivity index is 1.84. The summed E-state index contributed by atoms with van der Waals surface area (Å²) in [6, 6.07) is 4.25. The Kier molecular flexibility index (Phi) is 5.57. The first-order valence-corrected chi connectivity index (χ1v) is 7.38. The Bertz CT molecular complexity index is 493. The summed E-state index contributed by atoms with van der Waals surface area (Å²) < 4.78 is 10.7. The number of hydrogen-bond acceptors (Lipinski definition) is 5. The molecule has 0 radical (unpaired) electrons. The largest absolute Gasteiger partial charge is 0.440 e. The van der Waals surface area contributed by atoms with Gasteiger partial charge in [0.2, 0.25) is 0 Å². The van der Waals surface area contributed by atoms with Gasteiger partial charge in [-0.15, -0.1) is 11.3 Å². The van der Waals surface area contributed by atoms with Crippen molar-refractivity contribution in [2.45, 2.75) is 19.8 Å². The number of aryl methyl sites for hydroxylation is 1. The van der Waals surface area contributed by atoms with E-state index in [1.165, 1.54) is 4.88 Å². The van der Waals surface area contributed by atoms with Gasteiger partial charge in [-0.1, -0.05) is 6.92 Å². The molecular weight excluding hydrogens is 260 g/mol. The number of rotatable bonds is 8. The van der Waals surface area contributed by atoms with Gasteiger partial charge in [-0.2, -0.15) is 0 Å². The summed E-state index contributed by atoms with van der Waals surface area (Å²) in [6.07, 6.45) is 3.68. The fourth-order valence-corrected chi connectivity index (χ4v) is 2.63. The van der Waals surface area contributed by atoms with Gasteiger partial charge in [-0.25, -0.2) is 4.98 Å². The predicted octanol–water partition coefficient (Wildman–Crippen LogP) is 2.74. The minimum atomic E-state index is 0.728. The molecule has 0 atom stereocenters. The van der Waals surface area contributed by atoms with Crippen LogP contribution in [0.3, 0.4) is 0 Å². The van der Waals surface area contributed by atoms with Crippen molar-refractivity contribution in [2.24, 2.45) is 0 Å². The fourth-order valence-electron chi connectivity index (χ4n) is 1.73. The van der Waals surface area contributed by atoms with E-state index in [0.29, 0.717) is 0 Å². The third-order valence-corrected chi connectivity index (χ3v) is 4.05. The Morgan fingerprint density at radius 1 is 1.37 bits per heavy atom. The van der Waals surface area contributed by atoms with Crippen molar-refractivity contribution >= 4 is 11.3 Å². The molecule has 0 saturated heterocycles.